The van der Waals surface area contributed by atoms with Crippen LogP contribution in [0.15, 0.2) is 45.5 Å². The first-order chi connectivity index (χ1) is 9.54. The van der Waals surface area contributed by atoms with Crippen LogP contribution in [0.1, 0.15) is 5.69 Å². The topological polar surface area (TPSA) is 34.1 Å². The van der Waals surface area contributed by atoms with E-state index in [9.17, 15) is 8.78 Å². The van der Waals surface area contributed by atoms with Crippen LogP contribution in [0.3, 0.4) is 0 Å². The number of pyridine rings is 1. The van der Waals surface area contributed by atoms with Crippen molar-refractivity contribution in [1.29, 1.82) is 0 Å². The van der Waals surface area contributed by atoms with Gasteiger partial charge in [-0.2, -0.15) is 8.78 Å². The van der Waals surface area contributed by atoms with Crippen LogP contribution < -0.4 is 10.1 Å². The molecular weight excluding hydrogens is 398 g/mol. The van der Waals surface area contributed by atoms with Crippen molar-refractivity contribution in [3.05, 3.63) is 51.2 Å². The summed E-state index contributed by atoms with van der Waals surface area (Å²) in [5.74, 6) is 0.118. The van der Waals surface area contributed by atoms with E-state index < -0.39 is 6.61 Å². The van der Waals surface area contributed by atoms with Crippen molar-refractivity contribution in [3.63, 3.8) is 0 Å². The highest BCUT2D eigenvalue weighted by Gasteiger charge is 2.06. The van der Waals surface area contributed by atoms with E-state index in [0.29, 0.717) is 12.2 Å². The summed E-state index contributed by atoms with van der Waals surface area (Å²) in [5, 5.41) is 3.10. The Morgan fingerprint density at radius 3 is 2.75 bits per heavy atom. The maximum atomic E-state index is 12.1. The second-order valence-corrected chi connectivity index (χ2v) is 5.61. The highest BCUT2D eigenvalue weighted by atomic mass is 79.9. The summed E-state index contributed by atoms with van der Waals surface area (Å²) in [4.78, 5) is 4.26. The number of rotatable bonds is 5. The smallest absolute Gasteiger partial charge is 0.387 e. The van der Waals surface area contributed by atoms with E-state index in [-0.39, 0.29) is 5.75 Å². The molecule has 7 heteroatoms. The minimum atomic E-state index is -2.83. The van der Waals surface area contributed by atoms with Gasteiger partial charge in [-0.1, -0.05) is 6.07 Å². The van der Waals surface area contributed by atoms with Gasteiger partial charge in [0.15, 0.2) is 0 Å². The Kier molecular flexibility index (Phi) is 5.31. The molecule has 0 radical (unpaired) electrons. The fraction of sp³-hybridized carbons (Fsp3) is 0.154. The Labute approximate surface area is 131 Å². The number of hydrogen-bond acceptors (Lipinski definition) is 3. The van der Waals surface area contributed by atoms with Gasteiger partial charge in [0.25, 0.3) is 0 Å². The van der Waals surface area contributed by atoms with E-state index in [0.717, 1.165) is 14.6 Å². The largest absolute Gasteiger partial charge is 0.435 e. The van der Waals surface area contributed by atoms with Crippen LogP contribution in [0.4, 0.5) is 14.5 Å². The van der Waals surface area contributed by atoms with E-state index in [2.05, 4.69) is 46.9 Å². The van der Waals surface area contributed by atoms with Crippen molar-refractivity contribution in [2.45, 2.75) is 13.2 Å². The summed E-state index contributed by atoms with van der Waals surface area (Å²) in [6, 6.07) is 8.29. The van der Waals surface area contributed by atoms with Crippen molar-refractivity contribution in [2.75, 3.05) is 5.32 Å². The maximum absolute atomic E-state index is 12.1. The maximum Gasteiger partial charge on any atom is 0.387 e. The third-order valence-electron chi connectivity index (χ3n) is 2.40. The van der Waals surface area contributed by atoms with Crippen LogP contribution in [-0.2, 0) is 6.54 Å². The predicted molar refractivity (Wildman–Crippen MR) is 80.0 cm³/mol. The zero-order valence-electron chi connectivity index (χ0n) is 10.1. The molecule has 0 fully saturated rings. The molecule has 0 amide bonds. The molecule has 1 N–H and O–H groups in total. The van der Waals surface area contributed by atoms with Crippen molar-refractivity contribution in [2.24, 2.45) is 0 Å². The Bertz CT molecular complexity index is 596. The first-order valence-electron chi connectivity index (χ1n) is 5.63. The van der Waals surface area contributed by atoms with Gasteiger partial charge in [0.2, 0.25) is 0 Å². The number of alkyl halides is 2. The van der Waals surface area contributed by atoms with Gasteiger partial charge in [0.05, 0.1) is 12.2 Å². The standard InChI is InChI=1S/C13H10Br2F2N2O/c14-8-4-11(15)12(19-6-8)7-18-9-2-1-3-10(5-9)20-13(16)17/h1-6,13,18H,7H2. The fourth-order valence-corrected chi connectivity index (χ4v) is 2.67. The van der Waals surface area contributed by atoms with Gasteiger partial charge >= 0.3 is 6.61 Å². The Balaban J connectivity index is 2.03. The monoisotopic (exact) mass is 406 g/mol. The van der Waals surface area contributed by atoms with Gasteiger partial charge in [-0.25, -0.2) is 0 Å². The Morgan fingerprint density at radius 1 is 1.25 bits per heavy atom. The SMILES string of the molecule is FC(F)Oc1cccc(NCc2ncc(Br)cc2Br)c1. The number of nitrogens with zero attached hydrogens (tertiary/aromatic N) is 1. The van der Waals surface area contributed by atoms with Gasteiger partial charge in [-0.05, 0) is 50.1 Å². The van der Waals surface area contributed by atoms with Gasteiger partial charge in [-0.3, -0.25) is 4.98 Å². The second kappa shape index (κ2) is 6.99. The molecule has 0 bridgehead atoms. The molecule has 0 atom stereocenters. The molecule has 1 aromatic heterocycles. The number of anilines is 1. The normalized spacial score (nSPS) is 10.7. The third-order valence-corrected chi connectivity index (χ3v) is 3.52. The second-order valence-electron chi connectivity index (χ2n) is 3.84. The molecule has 0 spiro atoms. The lowest BCUT2D eigenvalue weighted by Crippen LogP contribution is -2.04. The van der Waals surface area contributed by atoms with Crippen molar-refractivity contribution >= 4 is 37.5 Å². The molecular formula is C13H10Br2F2N2O. The molecule has 2 aromatic rings. The fourth-order valence-electron chi connectivity index (χ4n) is 1.54. The third kappa shape index (κ3) is 4.42. The van der Waals surface area contributed by atoms with Crippen LogP contribution >= 0.6 is 31.9 Å². The Morgan fingerprint density at radius 2 is 2.05 bits per heavy atom. The van der Waals surface area contributed by atoms with Crippen LogP contribution in [-0.4, -0.2) is 11.6 Å². The molecule has 2 rings (SSSR count). The summed E-state index contributed by atoms with van der Waals surface area (Å²) in [6.07, 6.45) is 1.69. The number of nitrogens with one attached hydrogen (secondary N) is 1. The van der Waals surface area contributed by atoms with E-state index >= 15 is 0 Å². The van der Waals surface area contributed by atoms with Crippen molar-refractivity contribution in [3.8, 4) is 5.75 Å². The van der Waals surface area contributed by atoms with E-state index in [1.54, 1.807) is 18.3 Å². The van der Waals surface area contributed by atoms with E-state index in [1.165, 1.54) is 12.1 Å². The predicted octanol–water partition coefficient (Wildman–Crippen LogP) is 4.82. The lowest BCUT2D eigenvalue weighted by Gasteiger charge is -2.10. The van der Waals surface area contributed by atoms with E-state index in [4.69, 9.17) is 0 Å². The lowest BCUT2D eigenvalue weighted by molar-refractivity contribution is -0.0498. The average Bonchev–Trinajstić information content (AvgIpc) is 2.37. The molecule has 0 aliphatic rings. The summed E-state index contributed by atoms with van der Waals surface area (Å²) in [5.41, 5.74) is 1.49. The zero-order chi connectivity index (χ0) is 14.5. The summed E-state index contributed by atoms with van der Waals surface area (Å²) < 4.78 is 30.3. The van der Waals surface area contributed by atoms with Crippen LogP contribution in [0.5, 0.6) is 5.75 Å². The quantitative estimate of drug-likeness (QED) is 0.771. The van der Waals surface area contributed by atoms with Gasteiger partial charge in [0.1, 0.15) is 5.75 Å². The van der Waals surface area contributed by atoms with Gasteiger partial charge in [0, 0.05) is 26.9 Å². The zero-order valence-corrected chi connectivity index (χ0v) is 13.3. The van der Waals surface area contributed by atoms with Crippen molar-refractivity contribution < 1.29 is 13.5 Å². The number of benzene rings is 1. The van der Waals surface area contributed by atoms with Crippen LogP contribution in [0, 0.1) is 0 Å². The number of aromatic nitrogens is 1. The first kappa shape index (κ1) is 15.2. The molecule has 1 aromatic carbocycles. The summed E-state index contributed by atoms with van der Waals surface area (Å²) in [7, 11) is 0. The minimum absolute atomic E-state index is 0.118. The molecule has 0 unspecified atom stereocenters. The lowest BCUT2D eigenvalue weighted by atomic mass is 10.3. The summed E-state index contributed by atoms with van der Waals surface area (Å²) >= 11 is 6.74. The number of hydrogen-bond donors (Lipinski definition) is 1. The van der Waals surface area contributed by atoms with Gasteiger partial charge < -0.3 is 10.1 Å². The highest BCUT2D eigenvalue weighted by Crippen LogP contribution is 2.22. The molecule has 20 heavy (non-hydrogen) atoms. The molecule has 3 nitrogen and oxygen atoms in total. The van der Waals surface area contributed by atoms with Crippen LogP contribution in [0.2, 0.25) is 0 Å². The molecule has 106 valence electrons. The highest BCUT2D eigenvalue weighted by molar-refractivity contribution is 9.11. The first-order valence-corrected chi connectivity index (χ1v) is 7.22. The number of halogens is 4. The number of ether oxygens (including phenoxy) is 1. The molecule has 1 heterocycles. The Hall–Kier alpha value is -1.21. The van der Waals surface area contributed by atoms with Crippen LogP contribution in [0.25, 0.3) is 0 Å². The summed E-state index contributed by atoms with van der Waals surface area (Å²) in [6.45, 7) is -2.36. The minimum Gasteiger partial charge on any atom is -0.435 e. The average molecular weight is 408 g/mol. The molecule has 0 saturated heterocycles. The molecule has 0 aliphatic carbocycles. The molecule has 0 aliphatic heterocycles. The van der Waals surface area contributed by atoms with E-state index in [1.807, 2.05) is 6.07 Å². The van der Waals surface area contributed by atoms with Gasteiger partial charge in [-0.15, -0.1) is 0 Å². The molecule has 0 saturated carbocycles. The van der Waals surface area contributed by atoms with Crippen molar-refractivity contribution in [1.82, 2.24) is 4.98 Å².